The van der Waals surface area contributed by atoms with Crippen LogP contribution in [-0.2, 0) is 21.0 Å². The predicted octanol–water partition coefficient (Wildman–Crippen LogP) is 1.75. The molecule has 1 saturated heterocycles. The second-order valence-corrected chi connectivity index (χ2v) is 8.87. The summed E-state index contributed by atoms with van der Waals surface area (Å²) in [6, 6.07) is 1.76. The van der Waals surface area contributed by atoms with E-state index < -0.39 is 16.3 Å². The Kier molecular flexibility index (Phi) is 4.77. The molecule has 0 aliphatic carbocycles. The normalized spacial score (nSPS) is 18.4. The molecule has 22 heavy (non-hydrogen) atoms. The molecule has 1 aromatic heterocycles. The predicted molar refractivity (Wildman–Crippen MR) is 87.4 cm³/mol. The van der Waals surface area contributed by atoms with Crippen molar-refractivity contribution in [1.82, 2.24) is 10.1 Å². The van der Waals surface area contributed by atoms with Crippen LogP contribution in [0.1, 0.15) is 40.4 Å². The Labute approximate surface area is 134 Å². The van der Waals surface area contributed by atoms with Crippen LogP contribution in [0.15, 0.2) is 10.6 Å². The minimum absolute atomic E-state index is 0.131. The Morgan fingerprint density at radius 3 is 2.36 bits per heavy atom. The third-order valence-corrected chi connectivity index (χ3v) is 5.29. The molecule has 2 rings (SSSR count). The van der Waals surface area contributed by atoms with Crippen LogP contribution in [0.2, 0.25) is 0 Å². The largest absolute Gasteiger partial charge is 0.359 e. The van der Waals surface area contributed by atoms with Gasteiger partial charge in [0, 0.05) is 46.9 Å². The van der Waals surface area contributed by atoms with E-state index in [1.54, 1.807) is 6.07 Å². The summed E-state index contributed by atoms with van der Waals surface area (Å²) >= 11 is 0. The molecule has 1 N–H and O–H groups in total. The molecule has 0 saturated carbocycles. The lowest BCUT2D eigenvalue weighted by Crippen LogP contribution is -2.56. The molecule has 0 bridgehead atoms. The first-order valence-corrected chi connectivity index (χ1v) is 8.98. The van der Waals surface area contributed by atoms with Crippen molar-refractivity contribution < 1.29 is 13.5 Å². The highest BCUT2D eigenvalue weighted by molar-refractivity contribution is 7.85. The van der Waals surface area contributed by atoms with Crippen molar-refractivity contribution >= 4 is 22.5 Å². The number of aromatic nitrogens is 1. The third-order valence-electron chi connectivity index (χ3n) is 4.01. The molecule has 1 aliphatic heterocycles. The van der Waals surface area contributed by atoms with E-state index in [1.165, 1.54) is 0 Å². The molecular formula is C15H25N3O3S. The van der Waals surface area contributed by atoms with Crippen LogP contribution in [0.25, 0.3) is 0 Å². The zero-order valence-corrected chi connectivity index (χ0v) is 14.7. The number of nitrogens with one attached hydrogen (secondary N) is 1. The molecule has 7 heteroatoms. The molecule has 6 nitrogen and oxygen atoms in total. The molecule has 0 spiro atoms. The maximum absolute atomic E-state index is 12.6. The lowest BCUT2D eigenvalue weighted by Gasteiger charge is -2.38. The average Bonchev–Trinajstić information content (AvgIpc) is 2.87. The van der Waals surface area contributed by atoms with Gasteiger partial charge in [-0.15, -0.1) is 0 Å². The lowest BCUT2D eigenvalue weighted by atomic mass is 9.93. The summed E-state index contributed by atoms with van der Waals surface area (Å²) in [7, 11) is -0.754. The maximum atomic E-state index is 12.6. The summed E-state index contributed by atoms with van der Waals surface area (Å²) in [4.78, 5) is 14.6. The number of amides is 1. The molecule has 2 heterocycles. The number of hydrogen-bond donors (Lipinski definition) is 1. The Bertz CT molecular complexity index is 565. The van der Waals surface area contributed by atoms with E-state index in [0.29, 0.717) is 30.4 Å². The van der Waals surface area contributed by atoms with Gasteiger partial charge < -0.3 is 9.84 Å². The number of carbonyl (C=O) groups excluding carboxylic acids is 1. The van der Waals surface area contributed by atoms with Crippen LogP contribution >= 0.6 is 0 Å². The summed E-state index contributed by atoms with van der Waals surface area (Å²) in [6.45, 7) is 11.2. The molecule has 1 aliphatic rings. The van der Waals surface area contributed by atoms with Gasteiger partial charge in [-0.05, 0) is 13.8 Å². The SMILES string of the molecule is CC(C)(C)c1cc(NC(=O)C(C)(C)N2CCS(=O)CC2)no1. The van der Waals surface area contributed by atoms with Crippen LogP contribution in [-0.4, -0.2) is 50.3 Å². The Hall–Kier alpha value is -1.21. The maximum Gasteiger partial charge on any atom is 0.245 e. The second-order valence-electron chi connectivity index (χ2n) is 7.17. The van der Waals surface area contributed by atoms with Gasteiger partial charge in [0.15, 0.2) is 5.82 Å². The molecule has 1 fully saturated rings. The zero-order valence-electron chi connectivity index (χ0n) is 13.9. The highest BCUT2D eigenvalue weighted by atomic mass is 32.2. The topological polar surface area (TPSA) is 75.4 Å². The Balaban J connectivity index is 2.04. The quantitative estimate of drug-likeness (QED) is 0.915. The van der Waals surface area contributed by atoms with Gasteiger partial charge in [-0.25, -0.2) is 0 Å². The fourth-order valence-corrected chi connectivity index (χ4v) is 3.35. The highest BCUT2D eigenvalue weighted by Gasteiger charge is 2.36. The van der Waals surface area contributed by atoms with Gasteiger partial charge in [-0.3, -0.25) is 13.9 Å². The summed E-state index contributed by atoms with van der Waals surface area (Å²) in [6.07, 6.45) is 0. The van der Waals surface area contributed by atoms with Gasteiger partial charge in [0.05, 0.1) is 5.54 Å². The Morgan fingerprint density at radius 2 is 1.86 bits per heavy atom. The fourth-order valence-electron chi connectivity index (χ4n) is 2.30. The van der Waals surface area contributed by atoms with Crippen LogP contribution in [0.4, 0.5) is 5.82 Å². The summed E-state index contributed by atoms with van der Waals surface area (Å²) in [5.41, 5.74) is -0.826. The van der Waals surface area contributed by atoms with Crippen LogP contribution in [0, 0.1) is 0 Å². The first kappa shape index (κ1) is 17.1. The van der Waals surface area contributed by atoms with E-state index in [9.17, 15) is 9.00 Å². The van der Waals surface area contributed by atoms with E-state index in [4.69, 9.17) is 4.52 Å². The number of carbonyl (C=O) groups is 1. The monoisotopic (exact) mass is 327 g/mol. The van der Waals surface area contributed by atoms with Gasteiger partial charge in [-0.1, -0.05) is 25.9 Å². The van der Waals surface area contributed by atoms with Gasteiger partial charge in [0.1, 0.15) is 5.76 Å². The smallest absolute Gasteiger partial charge is 0.245 e. The van der Waals surface area contributed by atoms with Crippen molar-refractivity contribution in [2.45, 2.75) is 45.6 Å². The van der Waals surface area contributed by atoms with Crippen molar-refractivity contribution in [2.75, 3.05) is 29.9 Å². The highest BCUT2D eigenvalue weighted by Crippen LogP contribution is 2.25. The number of hydrogen-bond acceptors (Lipinski definition) is 5. The van der Waals surface area contributed by atoms with Gasteiger partial charge in [0.25, 0.3) is 0 Å². The average molecular weight is 327 g/mol. The first-order chi connectivity index (χ1) is 10.1. The van der Waals surface area contributed by atoms with Gasteiger partial charge in [0.2, 0.25) is 5.91 Å². The first-order valence-electron chi connectivity index (χ1n) is 7.49. The number of rotatable bonds is 3. The molecule has 1 amide bonds. The lowest BCUT2D eigenvalue weighted by molar-refractivity contribution is -0.126. The van der Waals surface area contributed by atoms with E-state index in [1.807, 2.05) is 34.6 Å². The summed E-state index contributed by atoms with van der Waals surface area (Å²) in [5.74, 6) is 2.27. The van der Waals surface area contributed by atoms with Crippen LogP contribution in [0.3, 0.4) is 0 Å². The van der Waals surface area contributed by atoms with Crippen LogP contribution < -0.4 is 5.32 Å². The van der Waals surface area contributed by atoms with Crippen molar-refractivity contribution in [3.8, 4) is 0 Å². The molecular weight excluding hydrogens is 302 g/mol. The standard InChI is InChI=1S/C15H25N3O3S/c1-14(2,3)11-10-12(17-21-11)16-13(19)15(4,5)18-6-8-22(20)9-7-18/h10H,6-9H2,1-5H3,(H,16,17,19). The van der Waals surface area contributed by atoms with Crippen molar-refractivity contribution in [2.24, 2.45) is 0 Å². The minimum atomic E-state index is -0.754. The number of anilines is 1. The number of nitrogens with zero attached hydrogens (tertiary/aromatic N) is 2. The molecule has 0 unspecified atom stereocenters. The Morgan fingerprint density at radius 1 is 1.27 bits per heavy atom. The minimum Gasteiger partial charge on any atom is -0.359 e. The van der Waals surface area contributed by atoms with Gasteiger partial charge in [-0.2, -0.15) is 0 Å². The van der Waals surface area contributed by atoms with Crippen molar-refractivity contribution in [3.05, 3.63) is 11.8 Å². The second kappa shape index (κ2) is 6.12. The molecule has 0 radical (unpaired) electrons. The molecule has 1 aromatic rings. The van der Waals surface area contributed by atoms with Crippen LogP contribution in [0.5, 0.6) is 0 Å². The molecule has 0 atom stereocenters. The zero-order chi connectivity index (χ0) is 16.5. The third kappa shape index (κ3) is 3.76. The van der Waals surface area contributed by atoms with Crippen molar-refractivity contribution in [1.29, 1.82) is 0 Å². The fraction of sp³-hybridized carbons (Fsp3) is 0.733. The van der Waals surface area contributed by atoms with E-state index in [0.717, 1.165) is 5.76 Å². The molecule has 0 aromatic carbocycles. The van der Waals surface area contributed by atoms with E-state index in [-0.39, 0.29) is 11.3 Å². The van der Waals surface area contributed by atoms with E-state index >= 15 is 0 Å². The van der Waals surface area contributed by atoms with E-state index in [2.05, 4.69) is 15.4 Å². The summed E-state index contributed by atoms with van der Waals surface area (Å²) < 4.78 is 16.7. The summed E-state index contributed by atoms with van der Waals surface area (Å²) in [5, 5.41) is 6.74. The molecule has 124 valence electrons. The van der Waals surface area contributed by atoms with Gasteiger partial charge >= 0.3 is 0 Å². The van der Waals surface area contributed by atoms with Crippen molar-refractivity contribution in [3.63, 3.8) is 0 Å².